The van der Waals surface area contributed by atoms with Gasteiger partial charge in [-0.1, -0.05) is 19.9 Å². The highest BCUT2D eigenvalue weighted by molar-refractivity contribution is 5.74. The van der Waals surface area contributed by atoms with Crippen molar-refractivity contribution in [2.45, 2.75) is 46.2 Å². The average molecular weight is 313 g/mol. The van der Waals surface area contributed by atoms with Gasteiger partial charge in [0.25, 0.3) is 0 Å². The third-order valence-electron chi connectivity index (χ3n) is 4.20. The molecule has 23 heavy (non-hydrogen) atoms. The Bertz CT molecular complexity index is 692. The third kappa shape index (κ3) is 3.73. The fourth-order valence-electron chi connectivity index (χ4n) is 3.20. The molecule has 1 aliphatic carbocycles. The summed E-state index contributed by atoms with van der Waals surface area (Å²) in [4.78, 5) is 16.4. The van der Waals surface area contributed by atoms with Crippen LogP contribution in [0.3, 0.4) is 0 Å². The lowest BCUT2D eigenvalue weighted by Gasteiger charge is -2.34. The molecule has 1 atom stereocenters. The summed E-state index contributed by atoms with van der Waals surface area (Å²) < 4.78 is 5.80. The number of nitrogens with one attached hydrogen (secondary N) is 2. The molecule has 2 aromatic heterocycles. The van der Waals surface area contributed by atoms with Crippen molar-refractivity contribution < 1.29 is 9.21 Å². The topological polar surface area (TPSA) is 67.2 Å². The van der Waals surface area contributed by atoms with Crippen LogP contribution in [-0.4, -0.2) is 11.0 Å². The number of hydrogen-bond acceptors (Lipinski definition) is 3. The van der Waals surface area contributed by atoms with Crippen molar-refractivity contribution >= 4 is 6.03 Å². The summed E-state index contributed by atoms with van der Waals surface area (Å²) in [6.07, 6.45) is 3.53. The fourth-order valence-corrected chi connectivity index (χ4v) is 3.20. The zero-order valence-corrected chi connectivity index (χ0v) is 13.8. The van der Waals surface area contributed by atoms with E-state index in [-0.39, 0.29) is 17.5 Å². The zero-order valence-electron chi connectivity index (χ0n) is 13.8. The predicted molar refractivity (Wildman–Crippen MR) is 87.9 cm³/mol. The number of aryl methyl sites for hydroxylation is 1. The van der Waals surface area contributed by atoms with E-state index in [1.165, 1.54) is 0 Å². The number of hydrogen-bond donors (Lipinski definition) is 2. The molecule has 5 heteroatoms. The number of carbonyl (C=O) groups excluding carboxylic acids is 1. The number of urea groups is 1. The molecule has 2 N–H and O–H groups in total. The number of pyridine rings is 1. The monoisotopic (exact) mass is 313 g/mol. The third-order valence-corrected chi connectivity index (χ3v) is 4.20. The highest BCUT2D eigenvalue weighted by Gasteiger charge is 2.35. The van der Waals surface area contributed by atoms with Gasteiger partial charge in [0.15, 0.2) is 0 Å². The van der Waals surface area contributed by atoms with Crippen molar-refractivity contribution in [3.05, 3.63) is 53.2 Å². The van der Waals surface area contributed by atoms with Crippen molar-refractivity contribution in [3.8, 4) is 0 Å². The number of aromatic nitrogens is 1. The van der Waals surface area contributed by atoms with Crippen LogP contribution in [0.5, 0.6) is 0 Å². The van der Waals surface area contributed by atoms with Crippen LogP contribution in [0.2, 0.25) is 0 Å². The van der Waals surface area contributed by atoms with Crippen LogP contribution >= 0.6 is 0 Å². The lowest BCUT2D eigenvalue weighted by molar-refractivity contribution is 0.214. The molecular formula is C18H23N3O2. The molecule has 1 unspecified atom stereocenters. The molecule has 0 saturated heterocycles. The average Bonchev–Trinajstić information content (AvgIpc) is 2.85. The van der Waals surface area contributed by atoms with Gasteiger partial charge in [-0.15, -0.1) is 0 Å². The maximum absolute atomic E-state index is 12.2. The van der Waals surface area contributed by atoms with Crippen molar-refractivity contribution in [2.75, 3.05) is 0 Å². The second-order valence-corrected chi connectivity index (χ2v) is 6.98. The van der Waals surface area contributed by atoms with E-state index < -0.39 is 0 Å². The number of nitrogens with zero attached hydrogens (tertiary/aromatic N) is 1. The highest BCUT2D eigenvalue weighted by Crippen LogP contribution is 2.41. The van der Waals surface area contributed by atoms with Crippen molar-refractivity contribution in [1.82, 2.24) is 15.6 Å². The van der Waals surface area contributed by atoms with Crippen LogP contribution in [0.15, 0.2) is 34.9 Å². The minimum absolute atomic E-state index is 0.0186. The summed E-state index contributed by atoms with van der Waals surface area (Å²) in [6.45, 7) is 6.77. The Hall–Kier alpha value is -2.30. The molecule has 1 aliphatic rings. The van der Waals surface area contributed by atoms with Crippen molar-refractivity contribution in [2.24, 2.45) is 5.41 Å². The van der Waals surface area contributed by atoms with E-state index in [2.05, 4.69) is 29.5 Å². The van der Waals surface area contributed by atoms with Gasteiger partial charge in [0.2, 0.25) is 0 Å². The minimum atomic E-state index is -0.178. The fraction of sp³-hybridized carbons (Fsp3) is 0.444. The van der Waals surface area contributed by atoms with Crippen LogP contribution < -0.4 is 10.6 Å². The van der Waals surface area contributed by atoms with Gasteiger partial charge >= 0.3 is 6.03 Å². The molecule has 122 valence electrons. The number of carbonyl (C=O) groups is 1. The number of fused-ring (bicyclic) bond motifs is 1. The van der Waals surface area contributed by atoms with Crippen molar-refractivity contribution in [1.29, 1.82) is 0 Å². The normalized spacial score (nSPS) is 19.0. The van der Waals surface area contributed by atoms with Gasteiger partial charge < -0.3 is 15.1 Å². The van der Waals surface area contributed by atoms with Crippen LogP contribution in [-0.2, 0) is 13.0 Å². The smallest absolute Gasteiger partial charge is 0.315 e. The second-order valence-electron chi connectivity index (χ2n) is 6.98. The molecule has 0 spiro atoms. The lowest BCUT2D eigenvalue weighted by atomic mass is 9.75. The van der Waals surface area contributed by atoms with Gasteiger partial charge in [0.1, 0.15) is 11.5 Å². The summed E-state index contributed by atoms with van der Waals surface area (Å²) in [5.74, 6) is 1.89. The Labute approximate surface area is 136 Å². The maximum atomic E-state index is 12.2. The van der Waals surface area contributed by atoms with Crippen LogP contribution in [0, 0.1) is 12.3 Å². The molecule has 0 aliphatic heterocycles. The van der Waals surface area contributed by atoms with Gasteiger partial charge in [-0.2, -0.15) is 0 Å². The standard InChI is InChI=1S/C18H23N3O2/c1-12-8-14-15(9-18(2,3)10-16(14)23-12)21-17(22)20-11-13-6-4-5-7-19-13/h4-8,15H,9-11H2,1-3H3,(H2,20,21,22). The van der Waals surface area contributed by atoms with Crippen LogP contribution in [0.25, 0.3) is 0 Å². The van der Waals surface area contributed by atoms with Crippen LogP contribution in [0.4, 0.5) is 4.79 Å². The first-order chi connectivity index (χ1) is 10.9. The van der Waals surface area contributed by atoms with Gasteiger partial charge in [-0.25, -0.2) is 4.79 Å². The van der Waals surface area contributed by atoms with Crippen LogP contribution in [0.1, 0.15) is 49.1 Å². The molecule has 0 fully saturated rings. The van der Waals surface area contributed by atoms with Gasteiger partial charge in [-0.3, -0.25) is 4.98 Å². The summed E-state index contributed by atoms with van der Waals surface area (Å²) in [5, 5.41) is 5.94. The molecule has 0 radical (unpaired) electrons. The van der Waals surface area contributed by atoms with E-state index in [0.717, 1.165) is 35.6 Å². The zero-order chi connectivity index (χ0) is 16.4. The van der Waals surface area contributed by atoms with Gasteiger partial charge in [0, 0.05) is 18.2 Å². The minimum Gasteiger partial charge on any atom is -0.466 e. The first-order valence-electron chi connectivity index (χ1n) is 7.96. The Balaban J connectivity index is 1.66. The molecule has 2 aromatic rings. The molecular weight excluding hydrogens is 290 g/mol. The Morgan fingerprint density at radius 3 is 3.00 bits per heavy atom. The van der Waals surface area contributed by atoms with Gasteiger partial charge in [-0.05, 0) is 37.0 Å². The predicted octanol–water partition coefficient (Wildman–Crippen LogP) is 3.50. The van der Waals surface area contributed by atoms with Gasteiger partial charge in [0.05, 0.1) is 18.3 Å². The first-order valence-corrected chi connectivity index (χ1v) is 7.96. The Morgan fingerprint density at radius 1 is 1.43 bits per heavy atom. The lowest BCUT2D eigenvalue weighted by Crippen LogP contribution is -2.41. The SMILES string of the molecule is Cc1cc2c(o1)CC(C)(C)CC2NC(=O)NCc1ccccn1. The largest absolute Gasteiger partial charge is 0.466 e. The molecule has 0 saturated carbocycles. The first kappa shape index (κ1) is 15.6. The number of amides is 2. The number of furan rings is 1. The van der Waals surface area contributed by atoms with Crippen molar-refractivity contribution in [3.63, 3.8) is 0 Å². The Morgan fingerprint density at radius 2 is 2.26 bits per heavy atom. The molecule has 5 nitrogen and oxygen atoms in total. The quantitative estimate of drug-likeness (QED) is 0.911. The molecule has 3 rings (SSSR count). The summed E-state index contributed by atoms with van der Waals surface area (Å²) in [5.41, 5.74) is 2.05. The molecule has 2 amide bonds. The van der Waals surface area contributed by atoms with E-state index in [0.29, 0.717) is 6.54 Å². The van der Waals surface area contributed by atoms with E-state index >= 15 is 0 Å². The van der Waals surface area contributed by atoms with E-state index in [9.17, 15) is 4.79 Å². The maximum Gasteiger partial charge on any atom is 0.315 e. The summed E-state index contributed by atoms with van der Waals surface area (Å²) >= 11 is 0. The van der Waals surface area contributed by atoms with E-state index in [1.807, 2.05) is 31.2 Å². The second kappa shape index (κ2) is 6.07. The van der Waals surface area contributed by atoms with E-state index in [4.69, 9.17) is 4.42 Å². The van der Waals surface area contributed by atoms with E-state index in [1.54, 1.807) is 6.20 Å². The summed E-state index contributed by atoms with van der Waals surface area (Å²) in [6, 6.07) is 7.50. The summed E-state index contributed by atoms with van der Waals surface area (Å²) in [7, 11) is 0. The highest BCUT2D eigenvalue weighted by atomic mass is 16.3. The number of rotatable bonds is 3. The molecule has 0 bridgehead atoms. The molecule has 0 aromatic carbocycles. The molecule has 2 heterocycles. The Kier molecular flexibility index (Phi) is 4.11.